The predicted octanol–water partition coefficient (Wildman–Crippen LogP) is 2.79. The highest BCUT2D eigenvalue weighted by molar-refractivity contribution is 5.76. The number of amides is 1. The Morgan fingerprint density at radius 3 is 2.56 bits per heavy atom. The first-order chi connectivity index (χ1) is 8.41. The molecule has 0 aliphatic heterocycles. The summed E-state index contributed by atoms with van der Waals surface area (Å²) in [6.45, 7) is 6.45. The van der Waals surface area contributed by atoms with E-state index in [9.17, 15) is 4.79 Å². The molecule has 3 nitrogen and oxygen atoms in total. The quantitative estimate of drug-likeness (QED) is 0.820. The van der Waals surface area contributed by atoms with Gasteiger partial charge in [0.1, 0.15) is 0 Å². The van der Waals surface area contributed by atoms with E-state index in [0.29, 0.717) is 30.3 Å². The van der Waals surface area contributed by atoms with E-state index in [4.69, 9.17) is 5.73 Å². The van der Waals surface area contributed by atoms with E-state index in [2.05, 4.69) is 20.8 Å². The van der Waals surface area contributed by atoms with Crippen molar-refractivity contribution in [3.05, 3.63) is 0 Å². The molecule has 3 atom stereocenters. The third-order valence-electron chi connectivity index (χ3n) is 4.56. The summed E-state index contributed by atoms with van der Waals surface area (Å²) in [5.41, 5.74) is 5.98. The van der Waals surface area contributed by atoms with Crippen LogP contribution in [0.15, 0.2) is 0 Å². The molecule has 0 spiro atoms. The molecule has 3 unspecified atom stereocenters. The van der Waals surface area contributed by atoms with Crippen LogP contribution >= 0.6 is 0 Å². The molecule has 0 aromatic rings. The largest absolute Gasteiger partial charge is 0.343 e. The molecule has 0 heterocycles. The van der Waals surface area contributed by atoms with Crippen LogP contribution < -0.4 is 5.73 Å². The van der Waals surface area contributed by atoms with Crippen LogP contribution in [-0.2, 0) is 4.79 Å². The van der Waals surface area contributed by atoms with E-state index in [0.717, 1.165) is 19.3 Å². The zero-order valence-corrected chi connectivity index (χ0v) is 12.5. The Balaban J connectivity index is 2.31. The molecule has 3 heteroatoms. The standard InChI is InChI=1S/C15H30N2O/c1-11(2)12(3)17(4)15(18)9-8-13-6-5-7-14(16)10-13/h11-14H,5-10,16H2,1-4H3. The maximum atomic E-state index is 12.1. The van der Waals surface area contributed by atoms with Gasteiger partial charge in [-0.3, -0.25) is 4.79 Å². The number of carbonyl (C=O) groups excluding carboxylic acids is 1. The lowest BCUT2D eigenvalue weighted by atomic mass is 9.83. The zero-order chi connectivity index (χ0) is 13.7. The van der Waals surface area contributed by atoms with Gasteiger partial charge in [-0.15, -0.1) is 0 Å². The number of carbonyl (C=O) groups is 1. The van der Waals surface area contributed by atoms with Gasteiger partial charge in [-0.05, 0) is 38.0 Å². The summed E-state index contributed by atoms with van der Waals surface area (Å²) < 4.78 is 0. The molecule has 106 valence electrons. The summed E-state index contributed by atoms with van der Waals surface area (Å²) in [6.07, 6.45) is 6.46. The fraction of sp³-hybridized carbons (Fsp3) is 0.933. The van der Waals surface area contributed by atoms with Crippen molar-refractivity contribution in [3.8, 4) is 0 Å². The van der Waals surface area contributed by atoms with Gasteiger partial charge in [-0.2, -0.15) is 0 Å². The second-order valence-electron chi connectivity index (χ2n) is 6.32. The van der Waals surface area contributed by atoms with Crippen molar-refractivity contribution in [2.45, 2.75) is 71.4 Å². The van der Waals surface area contributed by atoms with Crippen LogP contribution in [0, 0.1) is 11.8 Å². The highest BCUT2D eigenvalue weighted by Crippen LogP contribution is 2.27. The Kier molecular flexibility index (Phi) is 6.13. The molecule has 1 aliphatic rings. The summed E-state index contributed by atoms with van der Waals surface area (Å²) in [6, 6.07) is 0.692. The maximum Gasteiger partial charge on any atom is 0.222 e. The van der Waals surface area contributed by atoms with E-state index in [1.54, 1.807) is 0 Å². The van der Waals surface area contributed by atoms with Crippen LogP contribution in [0.25, 0.3) is 0 Å². The molecule has 1 fully saturated rings. The van der Waals surface area contributed by atoms with Crippen molar-refractivity contribution in [3.63, 3.8) is 0 Å². The average molecular weight is 254 g/mol. The van der Waals surface area contributed by atoms with Crippen LogP contribution in [0.3, 0.4) is 0 Å². The molecule has 0 saturated heterocycles. The molecule has 1 rings (SSSR count). The first-order valence-electron chi connectivity index (χ1n) is 7.43. The topological polar surface area (TPSA) is 46.3 Å². The van der Waals surface area contributed by atoms with Crippen molar-refractivity contribution in [2.24, 2.45) is 17.6 Å². The highest BCUT2D eigenvalue weighted by atomic mass is 16.2. The highest BCUT2D eigenvalue weighted by Gasteiger charge is 2.22. The second-order valence-corrected chi connectivity index (χ2v) is 6.32. The number of nitrogens with zero attached hydrogens (tertiary/aromatic N) is 1. The lowest BCUT2D eigenvalue weighted by molar-refractivity contribution is -0.132. The van der Waals surface area contributed by atoms with Crippen molar-refractivity contribution in [1.82, 2.24) is 4.90 Å². The third-order valence-corrected chi connectivity index (χ3v) is 4.56. The molecule has 1 saturated carbocycles. The van der Waals surface area contributed by atoms with Gasteiger partial charge in [0, 0.05) is 25.6 Å². The number of hydrogen-bond donors (Lipinski definition) is 1. The fourth-order valence-electron chi connectivity index (χ4n) is 2.77. The van der Waals surface area contributed by atoms with Gasteiger partial charge in [0.05, 0.1) is 0 Å². The molecule has 18 heavy (non-hydrogen) atoms. The lowest BCUT2D eigenvalue weighted by Crippen LogP contribution is -2.38. The average Bonchev–Trinajstić information content (AvgIpc) is 2.34. The van der Waals surface area contributed by atoms with Crippen molar-refractivity contribution >= 4 is 5.91 Å². The molecule has 0 bridgehead atoms. The molecule has 0 radical (unpaired) electrons. The van der Waals surface area contributed by atoms with Crippen LogP contribution in [0.5, 0.6) is 0 Å². The van der Waals surface area contributed by atoms with Gasteiger partial charge in [0.25, 0.3) is 0 Å². The van der Waals surface area contributed by atoms with Crippen molar-refractivity contribution in [1.29, 1.82) is 0 Å². The summed E-state index contributed by atoms with van der Waals surface area (Å²) in [7, 11) is 1.93. The second kappa shape index (κ2) is 7.13. The Labute approximate surface area is 112 Å². The van der Waals surface area contributed by atoms with E-state index >= 15 is 0 Å². The van der Waals surface area contributed by atoms with Gasteiger partial charge >= 0.3 is 0 Å². The van der Waals surface area contributed by atoms with Crippen LogP contribution in [0.2, 0.25) is 0 Å². The van der Waals surface area contributed by atoms with Crippen LogP contribution in [0.4, 0.5) is 0 Å². The number of hydrogen-bond acceptors (Lipinski definition) is 2. The molecule has 2 N–H and O–H groups in total. The molecule has 0 aromatic heterocycles. The Morgan fingerprint density at radius 2 is 2.00 bits per heavy atom. The summed E-state index contributed by atoms with van der Waals surface area (Å²) >= 11 is 0. The molecular formula is C15H30N2O. The summed E-state index contributed by atoms with van der Waals surface area (Å²) in [5, 5.41) is 0. The first kappa shape index (κ1) is 15.5. The van der Waals surface area contributed by atoms with Gasteiger partial charge in [-0.1, -0.05) is 26.7 Å². The SMILES string of the molecule is CC(C)C(C)N(C)C(=O)CCC1CCCC(N)C1. The summed E-state index contributed by atoms with van der Waals surface area (Å²) in [4.78, 5) is 14.0. The van der Waals surface area contributed by atoms with Crippen LogP contribution in [-0.4, -0.2) is 29.9 Å². The van der Waals surface area contributed by atoms with Crippen LogP contribution in [0.1, 0.15) is 59.3 Å². The summed E-state index contributed by atoms with van der Waals surface area (Å²) in [5.74, 6) is 1.47. The number of rotatable bonds is 5. The van der Waals surface area contributed by atoms with Gasteiger partial charge in [0.15, 0.2) is 0 Å². The lowest BCUT2D eigenvalue weighted by Gasteiger charge is -2.30. The first-order valence-corrected chi connectivity index (χ1v) is 7.43. The van der Waals surface area contributed by atoms with Gasteiger partial charge < -0.3 is 10.6 Å². The smallest absolute Gasteiger partial charge is 0.222 e. The Morgan fingerprint density at radius 1 is 1.33 bits per heavy atom. The fourth-order valence-corrected chi connectivity index (χ4v) is 2.77. The van der Waals surface area contributed by atoms with Crippen molar-refractivity contribution in [2.75, 3.05) is 7.05 Å². The predicted molar refractivity (Wildman–Crippen MR) is 76.2 cm³/mol. The molecular weight excluding hydrogens is 224 g/mol. The van der Waals surface area contributed by atoms with Gasteiger partial charge in [-0.25, -0.2) is 0 Å². The zero-order valence-electron chi connectivity index (χ0n) is 12.5. The number of nitrogens with two attached hydrogens (primary N) is 1. The van der Waals surface area contributed by atoms with E-state index < -0.39 is 0 Å². The van der Waals surface area contributed by atoms with Gasteiger partial charge in [0.2, 0.25) is 5.91 Å². The maximum absolute atomic E-state index is 12.1. The van der Waals surface area contributed by atoms with E-state index in [1.165, 1.54) is 12.8 Å². The minimum Gasteiger partial charge on any atom is -0.343 e. The normalized spacial score (nSPS) is 26.1. The van der Waals surface area contributed by atoms with E-state index in [1.807, 2.05) is 11.9 Å². The molecule has 1 amide bonds. The minimum absolute atomic E-state index is 0.287. The molecule has 0 aromatic carbocycles. The minimum atomic E-state index is 0.287. The molecule has 1 aliphatic carbocycles. The Bertz CT molecular complexity index is 265. The Hall–Kier alpha value is -0.570. The van der Waals surface area contributed by atoms with Crippen molar-refractivity contribution < 1.29 is 4.79 Å². The van der Waals surface area contributed by atoms with E-state index in [-0.39, 0.29) is 5.91 Å². The monoisotopic (exact) mass is 254 g/mol. The third kappa shape index (κ3) is 4.60.